The molecule has 2 aromatic rings. The molecular formula is C17H23N3O. The lowest BCUT2D eigenvalue weighted by molar-refractivity contribution is -0.103. The first-order valence-electron chi connectivity index (χ1n) is 8.13. The number of aliphatic hydroxyl groups is 1. The smallest absolute Gasteiger partial charge is 0.139 e. The van der Waals surface area contributed by atoms with Gasteiger partial charge in [0.1, 0.15) is 5.65 Å². The van der Waals surface area contributed by atoms with Gasteiger partial charge in [-0.25, -0.2) is 4.98 Å². The second-order valence-electron chi connectivity index (χ2n) is 6.61. The van der Waals surface area contributed by atoms with E-state index in [4.69, 9.17) is 0 Å². The van der Waals surface area contributed by atoms with Gasteiger partial charge in [0.25, 0.3) is 0 Å². The molecule has 0 radical (unpaired) electrons. The van der Waals surface area contributed by atoms with E-state index in [1.165, 1.54) is 12.8 Å². The van der Waals surface area contributed by atoms with Crippen LogP contribution in [0.5, 0.6) is 0 Å². The van der Waals surface area contributed by atoms with Gasteiger partial charge in [0.05, 0.1) is 12.1 Å². The maximum atomic E-state index is 11.3. The zero-order chi connectivity index (χ0) is 14.3. The summed E-state index contributed by atoms with van der Waals surface area (Å²) < 4.78 is 2.13. The second-order valence-corrected chi connectivity index (χ2v) is 6.61. The van der Waals surface area contributed by atoms with Gasteiger partial charge in [0, 0.05) is 23.8 Å². The van der Waals surface area contributed by atoms with Crippen LogP contribution in [0, 0.1) is 0 Å². The summed E-state index contributed by atoms with van der Waals surface area (Å²) in [5.74, 6) is 0. The summed E-state index contributed by atoms with van der Waals surface area (Å²) in [7, 11) is 0. The lowest BCUT2D eigenvalue weighted by Gasteiger charge is -2.49. The molecule has 2 aliphatic heterocycles. The van der Waals surface area contributed by atoms with Gasteiger partial charge in [-0.1, -0.05) is 6.42 Å². The predicted molar refractivity (Wildman–Crippen MR) is 83.1 cm³/mol. The molecule has 0 unspecified atom stereocenters. The monoisotopic (exact) mass is 285 g/mol. The highest BCUT2D eigenvalue weighted by Crippen LogP contribution is 2.35. The number of aromatic nitrogens is 2. The minimum absolute atomic E-state index is 0.321. The van der Waals surface area contributed by atoms with Gasteiger partial charge in [-0.15, -0.1) is 0 Å². The molecule has 4 heterocycles. The third-order valence-corrected chi connectivity index (χ3v) is 5.26. The Kier molecular flexibility index (Phi) is 3.23. The second kappa shape index (κ2) is 5.11. The molecule has 112 valence electrons. The van der Waals surface area contributed by atoms with Crippen LogP contribution >= 0.6 is 0 Å². The molecule has 2 fully saturated rings. The highest BCUT2D eigenvalue weighted by Gasteiger charge is 2.44. The summed E-state index contributed by atoms with van der Waals surface area (Å²) in [4.78, 5) is 6.99. The Bertz CT molecular complexity index is 636. The molecule has 0 aliphatic carbocycles. The van der Waals surface area contributed by atoms with Crippen LogP contribution < -0.4 is 0 Å². The van der Waals surface area contributed by atoms with Gasteiger partial charge in [-0.2, -0.15) is 0 Å². The molecule has 4 heteroatoms. The molecule has 0 amide bonds. The van der Waals surface area contributed by atoms with Crippen molar-refractivity contribution in [1.29, 1.82) is 0 Å². The zero-order valence-electron chi connectivity index (χ0n) is 12.4. The number of hydrogen-bond acceptors (Lipinski definition) is 3. The van der Waals surface area contributed by atoms with E-state index in [2.05, 4.69) is 32.8 Å². The Morgan fingerprint density at radius 1 is 1.24 bits per heavy atom. The highest BCUT2D eigenvalue weighted by molar-refractivity contribution is 5.75. The number of hydrogen-bond donors (Lipinski definition) is 1. The maximum absolute atomic E-state index is 11.3. The molecule has 2 aliphatic rings. The lowest BCUT2D eigenvalue weighted by atomic mass is 9.79. The number of nitrogens with zero attached hydrogens (tertiary/aromatic N) is 3. The number of piperidine rings is 2. The van der Waals surface area contributed by atoms with Crippen molar-refractivity contribution in [3.05, 3.63) is 30.6 Å². The predicted octanol–water partition coefficient (Wildman–Crippen LogP) is 2.42. The third kappa shape index (κ3) is 2.27. The summed E-state index contributed by atoms with van der Waals surface area (Å²) in [6, 6.07) is 6.45. The van der Waals surface area contributed by atoms with E-state index in [0.29, 0.717) is 12.6 Å². The van der Waals surface area contributed by atoms with Crippen LogP contribution in [-0.4, -0.2) is 44.3 Å². The Labute approximate surface area is 125 Å². The summed E-state index contributed by atoms with van der Waals surface area (Å²) in [6.45, 7) is 2.96. The largest absolute Gasteiger partial charge is 0.386 e. The van der Waals surface area contributed by atoms with Crippen LogP contribution in [0.1, 0.15) is 32.1 Å². The van der Waals surface area contributed by atoms with Crippen molar-refractivity contribution < 1.29 is 5.11 Å². The number of pyridine rings is 1. The highest BCUT2D eigenvalue weighted by atomic mass is 16.3. The van der Waals surface area contributed by atoms with E-state index in [1.807, 2.05) is 12.3 Å². The minimum atomic E-state index is -0.609. The van der Waals surface area contributed by atoms with Gasteiger partial charge in [-0.05, 0) is 57.0 Å². The molecule has 4 nitrogen and oxygen atoms in total. The van der Waals surface area contributed by atoms with Crippen LogP contribution in [0.15, 0.2) is 30.6 Å². The first-order valence-corrected chi connectivity index (χ1v) is 8.13. The maximum Gasteiger partial charge on any atom is 0.139 e. The SMILES string of the molecule is O[C@@]1(Cn2ccc3cccnc32)CCCN2CCCC[C@@H]21. The van der Waals surface area contributed by atoms with Gasteiger partial charge >= 0.3 is 0 Å². The molecule has 21 heavy (non-hydrogen) atoms. The molecular weight excluding hydrogens is 262 g/mol. The lowest BCUT2D eigenvalue weighted by Crippen LogP contribution is -2.60. The molecule has 2 saturated heterocycles. The van der Waals surface area contributed by atoms with Crippen LogP contribution in [0.2, 0.25) is 0 Å². The summed E-state index contributed by atoms with van der Waals surface area (Å²) >= 11 is 0. The normalized spacial score (nSPS) is 30.4. The quantitative estimate of drug-likeness (QED) is 0.921. The molecule has 0 bridgehead atoms. The van der Waals surface area contributed by atoms with Crippen LogP contribution in [0.3, 0.4) is 0 Å². The average Bonchev–Trinajstić information content (AvgIpc) is 2.91. The van der Waals surface area contributed by atoms with E-state index in [0.717, 1.165) is 43.4 Å². The summed E-state index contributed by atoms with van der Waals surface area (Å²) in [5, 5.41) is 12.5. The van der Waals surface area contributed by atoms with Crippen molar-refractivity contribution in [2.45, 2.75) is 50.3 Å². The van der Waals surface area contributed by atoms with Crippen molar-refractivity contribution in [3.8, 4) is 0 Å². The van der Waals surface area contributed by atoms with Gasteiger partial charge in [-0.3, -0.25) is 4.90 Å². The molecule has 0 spiro atoms. The fourth-order valence-electron chi connectivity index (χ4n) is 4.25. The first-order chi connectivity index (χ1) is 10.3. The van der Waals surface area contributed by atoms with Crippen molar-refractivity contribution >= 4 is 11.0 Å². The minimum Gasteiger partial charge on any atom is -0.386 e. The third-order valence-electron chi connectivity index (χ3n) is 5.26. The Hall–Kier alpha value is -1.39. The molecule has 4 rings (SSSR count). The number of fused-ring (bicyclic) bond motifs is 2. The first kappa shape index (κ1) is 13.3. The number of rotatable bonds is 2. The van der Waals surface area contributed by atoms with Crippen molar-refractivity contribution in [1.82, 2.24) is 14.5 Å². The van der Waals surface area contributed by atoms with Crippen LogP contribution in [0.4, 0.5) is 0 Å². The van der Waals surface area contributed by atoms with E-state index >= 15 is 0 Å². The van der Waals surface area contributed by atoms with Gasteiger partial charge in [0.2, 0.25) is 0 Å². The molecule has 0 saturated carbocycles. The van der Waals surface area contributed by atoms with Crippen molar-refractivity contribution in [2.24, 2.45) is 0 Å². The van der Waals surface area contributed by atoms with Crippen LogP contribution in [-0.2, 0) is 6.54 Å². The van der Waals surface area contributed by atoms with Crippen molar-refractivity contribution in [3.63, 3.8) is 0 Å². The fraction of sp³-hybridized carbons (Fsp3) is 0.588. The van der Waals surface area contributed by atoms with E-state index in [-0.39, 0.29) is 0 Å². The summed E-state index contributed by atoms with van der Waals surface area (Å²) in [5.41, 5.74) is 0.376. The van der Waals surface area contributed by atoms with E-state index in [9.17, 15) is 5.11 Å². The summed E-state index contributed by atoms with van der Waals surface area (Å²) in [6.07, 6.45) is 9.55. The fourth-order valence-corrected chi connectivity index (χ4v) is 4.25. The molecule has 1 N–H and O–H groups in total. The van der Waals surface area contributed by atoms with Gasteiger partial charge in [0.15, 0.2) is 0 Å². The van der Waals surface area contributed by atoms with E-state index in [1.54, 1.807) is 0 Å². The molecule has 2 aromatic heterocycles. The Morgan fingerprint density at radius 3 is 3.10 bits per heavy atom. The Morgan fingerprint density at radius 2 is 2.14 bits per heavy atom. The molecule has 2 atom stereocenters. The van der Waals surface area contributed by atoms with Crippen molar-refractivity contribution in [2.75, 3.05) is 13.1 Å². The topological polar surface area (TPSA) is 41.3 Å². The Balaban J connectivity index is 1.65. The zero-order valence-corrected chi connectivity index (χ0v) is 12.4. The van der Waals surface area contributed by atoms with Gasteiger partial charge < -0.3 is 9.67 Å². The average molecular weight is 285 g/mol. The van der Waals surface area contributed by atoms with Crippen LogP contribution in [0.25, 0.3) is 11.0 Å². The standard InChI is InChI=1S/C17H23N3O/c21-17(8-4-11-19-10-2-1-6-15(17)19)13-20-12-7-14-5-3-9-18-16(14)20/h3,5,7,9,12,15,21H,1-2,4,6,8,10-11,13H2/t15-,17-/m1/s1. The van der Waals surface area contributed by atoms with E-state index < -0.39 is 5.60 Å². The molecule has 0 aromatic carbocycles.